The van der Waals surface area contributed by atoms with Gasteiger partial charge >= 0.3 is 0 Å². The molecule has 0 atom stereocenters. The SMILES string of the molecule is O=S(=O)(Nc1ccc2c(c1)OCCO2)c1ccc2c(c1)OCCCO2. The molecule has 0 spiro atoms. The van der Waals surface area contributed by atoms with Crippen molar-refractivity contribution in [1.29, 1.82) is 0 Å². The van der Waals surface area contributed by atoms with Gasteiger partial charge in [-0.1, -0.05) is 0 Å². The minimum Gasteiger partial charge on any atom is -0.490 e. The average Bonchev–Trinajstić information content (AvgIpc) is 2.86. The van der Waals surface area contributed by atoms with Crippen LogP contribution in [0.15, 0.2) is 41.3 Å². The lowest BCUT2D eigenvalue weighted by molar-refractivity contribution is 0.171. The van der Waals surface area contributed by atoms with Crippen LogP contribution in [-0.4, -0.2) is 34.8 Å². The van der Waals surface area contributed by atoms with Gasteiger partial charge in [0.05, 0.1) is 23.8 Å². The van der Waals surface area contributed by atoms with E-state index in [4.69, 9.17) is 18.9 Å². The Balaban J connectivity index is 1.60. The fourth-order valence-corrected chi connectivity index (χ4v) is 3.70. The van der Waals surface area contributed by atoms with Crippen molar-refractivity contribution < 1.29 is 27.4 Å². The third-order valence-electron chi connectivity index (χ3n) is 3.82. The topological polar surface area (TPSA) is 83.1 Å². The van der Waals surface area contributed by atoms with Crippen LogP contribution in [-0.2, 0) is 10.0 Å². The molecule has 2 aromatic carbocycles. The molecule has 1 N–H and O–H groups in total. The largest absolute Gasteiger partial charge is 0.490 e. The van der Waals surface area contributed by atoms with E-state index in [1.165, 1.54) is 12.1 Å². The second-order valence-corrected chi connectivity index (χ2v) is 7.31. The first-order valence-electron chi connectivity index (χ1n) is 7.94. The van der Waals surface area contributed by atoms with Gasteiger partial charge in [0.25, 0.3) is 10.0 Å². The van der Waals surface area contributed by atoms with Crippen molar-refractivity contribution >= 4 is 15.7 Å². The van der Waals surface area contributed by atoms with Crippen molar-refractivity contribution in [2.45, 2.75) is 11.3 Å². The summed E-state index contributed by atoms with van der Waals surface area (Å²) in [5.74, 6) is 2.10. The molecule has 2 aromatic rings. The Morgan fingerprint density at radius 3 is 2.12 bits per heavy atom. The number of anilines is 1. The molecule has 0 radical (unpaired) electrons. The van der Waals surface area contributed by atoms with Crippen LogP contribution >= 0.6 is 0 Å². The Kier molecular flexibility index (Phi) is 4.04. The smallest absolute Gasteiger partial charge is 0.262 e. The normalized spacial score (nSPS) is 16.0. The second kappa shape index (κ2) is 6.36. The molecule has 0 amide bonds. The molecule has 0 saturated heterocycles. The average molecular weight is 363 g/mol. The lowest BCUT2D eigenvalue weighted by Crippen LogP contribution is -2.16. The zero-order valence-electron chi connectivity index (χ0n) is 13.4. The van der Waals surface area contributed by atoms with E-state index in [-0.39, 0.29) is 4.90 Å². The Morgan fingerprint density at radius 1 is 0.720 bits per heavy atom. The predicted molar refractivity (Wildman–Crippen MR) is 90.3 cm³/mol. The van der Waals surface area contributed by atoms with E-state index in [2.05, 4.69) is 4.72 Å². The van der Waals surface area contributed by atoms with Crippen molar-refractivity contribution in [3.63, 3.8) is 0 Å². The molecule has 0 bridgehead atoms. The third-order valence-corrected chi connectivity index (χ3v) is 5.20. The molecule has 2 aliphatic rings. The zero-order valence-corrected chi connectivity index (χ0v) is 14.2. The van der Waals surface area contributed by atoms with Gasteiger partial charge < -0.3 is 18.9 Å². The van der Waals surface area contributed by atoms with Gasteiger partial charge in [-0.05, 0) is 24.3 Å². The number of sulfonamides is 1. The number of benzene rings is 2. The Morgan fingerprint density at radius 2 is 1.32 bits per heavy atom. The number of rotatable bonds is 3. The third kappa shape index (κ3) is 3.30. The Labute approximate surface area is 145 Å². The number of ether oxygens (including phenoxy) is 4. The molecule has 2 heterocycles. The highest BCUT2D eigenvalue weighted by molar-refractivity contribution is 7.92. The van der Waals surface area contributed by atoms with E-state index in [1.807, 2.05) is 0 Å². The summed E-state index contributed by atoms with van der Waals surface area (Å²) in [4.78, 5) is 0.103. The maximum atomic E-state index is 12.7. The molecule has 132 valence electrons. The summed E-state index contributed by atoms with van der Waals surface area (Å²) < 4.78 is 49.9. The monoisotopic (exact) mass is 363 g/mol. The summed E-state index contributed by atoms with van der Waals surface area (Å²) in [7, 11) is -3.77. The number of fused-ring (bicyclic) bond motifs is 2. The van der Waals surface area contributed by atoms with Gasteiger partial charge in [-0.25, -0.2) is 8.42 Å². The highest BCUT2D eigenvalue weighted by Crippen LogP contribution is 2.35. The molecular formula is C17H17NO6S. The van der Waals surface area contributed by atoms with E-state index in [0.717, 1.165) is 6.42 Å². The molecule has 0 fully saturated rings. The Hall–Kier alpha value is -2.61. The summed E-state index contributed by atoms with van der Waals surface area (Å²) in [6, 6.07) is 9.50. The first-order valence-corrected chi connectivity index (χ1v) is 9.42. The van der Waals surface area contributed by atoms with E-state index >= 15 is 0 Å². The van der Waals surface area contributed by atoms with Crippen molar-refractivity contribution in [1.82, 2.24) is 0 Å². The summed E-state index contributed by atoms with van der Waals surface area (Å²) in [5, 5.41) is 0. The molecule has 0 aliphatic carbocycles. The molecule has 0 unspecified atom stereocenters. The second-order valence-electron chi connectivity index (χ2n) is 5.62. The maximum absolute atomic E-state index is 12.7. The lowest BCUT2D eigenvalue weighted by atomic mass is 10.3. The quantitative estimate of drug-likeness (QED) is 0.902. The summed E-state index contributed by atoms with van der Waals surface area (Å²) in [5.41, 5.74) is 0.399. The minimum atomic E-state index is -3.77. The van der Waals surface area contributed by atoms with E-state index < -0.39 is 10.0 Å². The van der Waals surface area contributed by atoms with Crippen molar-refractivity contribution in [2.24, 2.45) is 0 Å². The first-order chi connectivity index (χ1) is 12.1. The van der Waals surface area contributed by atoms with Crippen LogP contribution in [0.5, 0.6) is 23.0 Å². The van der Waals surface area contributed by atoms with E-state index in [1.54, 1.807) is 24.3 Å². The van der Waals surface area contributed by atoms with Crippen molar-refractivity contribution in [2.75, 3.05) is 31.1 Å². The molecule has 8 heteroatoms. The van der Waals surface area contributed by atoms with Crippen LogP contribution in [0, 0.1) is 0 Å². The van der Waals surface area contributed by atoms with Crippen LogP contribution < -0.4 is 23.7 Å². The van der Waals surface area contributed by atoms with Crippen LogP contribution in [0.2, 0.25) is 0 Å². The van der Waals surface area contributed by atoms with Crippen LogP contribution in [0.4, 0.5) is 5.69 Å². The lowest BCUT2D eigenvalue weighted by Gasteiger charge is -2.19. The fourth-order valence-electron chi connectivity index (χ4n) is 2.63. The van der Waals surface area contributed by atoms with Crippen molar-refractivity contribution in [3.8, 4) is 23.0 Å². The number of hydrogen-bond donors (Lipinski definition) is 1. The fraction of sp³-hybridized carbons (Fsp3) is 0.294. The van der Waals surface area contributed by atoms with Gasteiger partial charge in [0.15, 0.2) is 23.0 Å². The summed E-state index contributed by atoms with van der Waals surface area (Å²) in [6.45, 7) is 1.96. The van der Waals surface area contributed by atoms with Crippen LogP contribution in [0.25, 0.3) is 0 Å². The zero-order chi connectivity index (χ0) is 17.3. The van der Waals surface area contributed by atoms with E-state index in [9.17, 15) is 8.42 Å². The van der Waals surface area contributed by atoms with Crippen LogP contribution in [0.1, 0.15) is 6.42 Å². The van der Waals surface area contributed by atoms with E-state index in [0.29, 0.717) is 55.1 Å². The van der Waals surface area contributed by atoms with Gasteiger partial charge in [0.1, 0.15) is 13.2 Å². The summed E-state index contributed by atoms with van der Waals surface area (Å²) >= 11 is 0. The van der Waals surface area contributed by atoms with Gasteiger partial charge in [-0.15, -0.1) is 0 Å². The van der Waals surface area contributed by atoms with Gasteiger partial charge in [-0.2, -0.15) is 0 Å². The molecule has 2 aliphatic heterocycles. The molecule has 7 nitrogen and oxygen atoms in total. The number of hydrogen-bond acceptors (Lipinski definition) is 6. The maximum Gasteiger partial charge on any atom is 0.262 e. The first kappa shape index (κ1) is 15.9. The highest BCUT2D eigenvalue weighted by Gasteiger charge is 2.20. The number of nitrogens with one attached hydrogen (secondary N) is 1. The molecule has 25 heavy (non-hydrogen) atoms. The van der Waals surface area contributed by atoms with Crippen LogP contribution in [0.3, 0.4) is 0 Å². The minimum absolute atomic E-state index is 0.103. The van der Waals surface area contributed by atoms with Gasteiger partial charge in [0.2, 0.25) is 0 Å². The molecular weight excluding hydrogens is 346 g/mol. The molecule has 0 aromatic heterocycles. The Bertz CT molecular complexity index is 896. The molecule has 0 saturated carbocycles. The molecule has 4 rings (SSSR count). The standard InChI is InChI=1S/C17H17NO6S/c19-25(20,13-3-5-15-17(11-13)22-7-1-6-21-15)18-12-2-4-14-16(10-12)24-9-8-23-14/h2-5,10-11,18H,1,6-9H2. The summed E-state index contributed by atoms with van der Waals surface area (Å²) in [6.07, 6.45) is 0.756. The predicted octanol–water partition coefficient (Wildman–Crippen LogP) is 2.42. The van der Waals surface area contributed by atoms with Gasteiger partial charge in [-0.3, -0.25) is 4.72 Å². The van der Waals surface area contributed by atoms with Gasteiger partial charge in [0, 0.05) is 18.6 Å². The highest BCUT2D eigenvalue weighted by atomic mass is 32.2. The van der Waals surface area contributed by atoms with Crippen molar-refractivity contribution in [3.05, 3.63) is 36.4 Å².